The van der Waals surface area contributed by atoms with E-state index in [0.717, 1.165) is 19.3 Å². The standard InChI is InChI=1S/C17H18N2O4S2/c1-9-2-3-12-10(6-9)7-13(25-12)17(22)23-8-14(20)19-16-11(15(18)21)4-5-24-16/h4-5,7,9H,2-3,6,8H2,1H3,(H2,18,21)(H,19,20)/t9-/m1/s1. The highest BCUT2D eigenvalue weighted by Gasteiger charge is 2.22. The zero-order valence-corrected chi connectivity index (χ0v) is 15.3. The van der Waals surface area contributed by atoms with Crippen LogP contribution in [0.25, 0.3) is 0 Å². The van der Waals surface area contributed by atoms with Crippen LogP contribution in [0.4, 0.5) is 5.00 Å². The molecule has 0 aliphatic heterocycles. The van der Waals surface area contributed by atoms with Gasteiger partial charge >= 0.3 is 5.97 Å². The smallest absolute Gasteiger partial charge is 0.348 e. The summed E-state index contributed by atoms with van der Waals surface area (Å²) >= 11 is 2.63. The molecular formula is C17H18N2O4S2. The lowest BCUT2D eigenvalue weighted by Crippen LogP contribution is -2.22. The van der Waals surface area contributed by atoms with Gasteiger partial charge in [-0.3, -0.25) is 9.59 Å². The second kappa shape index (κ2) is 7.37. The monoisotopic (exact) mass is 378 g/mol. The SMILES string of the molecule is C[C@@H]1CCc2sc(C(=O)OCC(=O)Nc3sccc3C(N)=O)cc2C1. The molecule has 3 rings (SSSR count). The van der Waals surface area contributed by atoms with Gasteiger partial charge in [-0.05, 0) is 48.3 Å². The Balaban J connectivity index is 1.56. The zero-order chi connectivity index (χ0) is 18.0. The van der Waals surface area contributed by atoms with Gasteiger partial charge in [-0.2, -0.15) is 0 Å². The van der Waals surface area contributed by atoms with Crippen molar-refractivity contribution >= 4 is 45.5 Å². The van der Waals surface area contributed by atoms with Crippen molar-refractivity contribution in [3.05, 3.63) is 38.4 Å². The van der Waals surface area contributed by atoms with Crippen LogP contribution >= 0.6 is 22.7 Å². The molecule has 132 valence electrons. The summed E-state index contributed by atoms with van der Waals surface area (Å²) in [5, 5.41) is 4.55. The number of thiophene rings is 2. The molecule has 0 saturated heterocycles. The van der Waals surface area contributed by atoms with Crippen LogP contribution in [0.3, 0.4) is 0 Å². The molecule has 0 unspecified atom stereocenters. The van der Waals surface area contributed by atoms with E-state index >= 15 is 0 Å². The minimum Gasteiger partial charge on any atom is -0.451 e. The Morgan fingerprint density at radius 3 is 2.96 bits per heavy atom. The lowest BCUT2D eigenvalue weighted by molar-refractivity contribution is -0.119. The van der Waals surface area contributed by atoms with Crippen molar-refractivity contribution in [1.29, 1.82) is 0 Å². The van der Waals surface area contributed by atoms with Crippen molar-refractivity contribution in [2.24, 2.45) is 11.7 Å². The van der Waals surface area contributed by atoms with Gasteiger partial charge in [0.2, 0.25) is 0 Å². The quantitative estimate of drug-likeness (QED) is 0.782. The van der Waals surface area contributed by atoms with Gasteiger partial charge in [-0.15, -0.1) is 22.7 Å². The van der Waals surface area contributed by atoms with E-state index in [0.29, 0.717) is 15.8 Å². The minimum absolute atomic E-state index is 0.240. The second-order valence-electron chi connectivity index (χ2n) is 6.06. The third-order valence-corrected chi connectivity index (χ3v) is 6.10. The highest BCUT2D eigenvalue weighted by Crippen LogP contribution is 2.32. The number of carbonyl (C=O) groups is 3. The number of hydrogen-bond donors (Lipinski definition) is 2. The molecule has 2 amide bonds. The van der Waals surface area contributed by atoms with E-state index in [2.05, 4.69) is 12.2 Å². The van der Waals surface area contributed by atoms with Crippen molar-refractivity contribution in [3.8, 4) is 0 Å². The third kappa shape index (κ3) is 4.08. The molecule has 0 radical (unpaired) electrons. The normalized spacial score (nSPS) is 16.1. The fraction of sp³-hybridized carbons (Fsp3) is 0.353. The number of aryl methyl sites for hydroxylation is 1. The maximum absolute atomic E-state index is 12.2. The van der Waals surface area contributed by atoms with E-state index in [9.17, 15) is 14.4 Å². The average molecular weight is 378 g/mol. The van der Waals surface area contributed by atoms with Gasteiger partial charge in [0, 0.05) is 4.88 Å². The first-order valence-electron chi connectivity index (χ1n) is 7.90. The van der Waals surface area contributed by atoms with Crippen LogP contribution in [0.15, 0.2) is 17.5 Å². The number of nitrogens with two attached hydrogens (primary N) is 1. The molecule has 2 aromatic heterocycles. The zero-order valence-electron chi connectivity index (χ0n) is 13.7. The van der Waals surface area contributed by atoms with E-state index in [4.69, 9.17) is 10.5 Å². The largest absolute Gasteiger partial charge is 0.451 e. The first-order valence-corrected chi connectivity index (χ1v) is 9.59. The Kier molecular flexibility index (Phi) is 5.19. The topological polar surface area (TPSA) is 98.5 Å². The number of amides is 2. The summed E-state index contributed by atoms with van der Waals surface area (Å²) in [5.41, 5.74) is 6.68. The maximum Gasteiger partial charge on any atom is 0.348 e. The van der Waals surface area contributed by atoms with E-state index in [-0.39, 0.29) is 5.56 Å². The molecule has 0 spiro atoms. The first kappa shape index (κ1) is 17.6. The lowest BCUT2D eigenvalue weighted by atomic mass is 9.90. The van der Waals surface area contributed by atoms with Crippen molar-refractivity contribution in [2.75, 3.05) is 11.9 Å². The number of carbonyl (C=O) groups excluding carboxylic acids is 3. The summed E-state index contributed by atoms with van der Waals surface area (Å²) in [6, 6.07) is 3.41. The lowest BCUT2D eigenvalue weighted by Gasteiger charge is -2.16. The second-order valence-corrected chi connectivity index (χ2v) is 8.11. The summed E-state index contributed by atoms with van der Waals surface area (Å²) in [4.78, 5) is 37.1. The van der Waals surface area contributed by atoms with Crippen molar-refractivity contribution in [3.63, 3.8) is 0 Å². The number of rotatable bonds is 5. The number of anilines is 1. The summed E-state index contributed by atoms with van der Waals surface area (Å²) in [6.45, 7) is 1.79. The van der Waals surface area contributed by atoms with E-state index in [1.807, 2.05) is 6.07 Å². The molecule has 0 fully saturated rings. The number of ether oxygens (including phenoxy) is 1. The molecular weight excluding hydrogens is 360 g/mol. The molecule has 0 aromatic carbocycles. The molecule has 6 nitrogen and oxygen atoms in total. The Labute approximate surface area is 153 Å². The van der Waals surface area contributed by atoms with Crippen molar-refractivity contribution in [2.45, 2.75) is 26.2 Å². The van der Waals surface area contributed by atoms with Crippen LogP contribution < -0.4 is 11.1 Å². The summed E-state index contributed by atoms with van der Waals surface area (Å²) in [7, 11) is 0. The van der Waals surface area contributed by atoms with E-state index in [1.165, 1.54) is 39.2 Å². The van der Waals surface area contributed by atoms with Gasteiger partial charge in [-0.25, -0.2) is 4.79 Å². The van der Waals surface area contributed by atoms with Gasteiger partial charge in [-0.1, -0.05) is 6.92 Å². The first-order chi connectivity index (χ1) is 11.9. The van der Waals surface area contributed by atoms with Crippen LogP contribution in [0, 0.1) is 5.92 Å². The number of nitrogens with one attached hydrogen (secondary N) is 1. The molecule has 8 heteroatoms. The Morgan fingerprint density at radius 2 is 2.20 bits per heavy atom. The number of hydrogen-bond acceptors (Lipinski definition) is 6. The highest BCUT2D eigenvalue weighted by molar-refractivity contribution is 7.15. The fourth-order valence-corrected chi connectivity index (χ4v) is 4.68. The number of fused-ring (bicyclic) bond motifs is 1. The van der Waals surface area contributed by atoms with Gasteiger partial charge in [0.1, 0.15) is 9.88 Å². The van der Waals surface area contributed by atoms with E-state index in [1.54, 1.807) is 5.38 Å². The van der Waals surface area contributed by atoms with Crippen molar-refractivity contribution < 1.29 is 19.1 Å². The van der Waals surface area contributed by atoms with Crippen LogP contribution in [0.5, 0.6) is 0 Å². The summed E-state index contributed by atoms with van der Waals surface area (Å²) in [6.07, 6.45) is 3.10. The third-order valence-electron chi connectivity index (χ3n) is 4.05. The predicted octanol–water partition coefficient (Wildman–Crippen LogP) is 2.83. The van der Waals surface area contributed by atoms with Gasteiger partial charge in [0.05, 0.1) is 5.56 Å². The molecule has 3 N–H and O–H groups in total. The average Bonchev–Trinajstić information content (AvgIpc) is 3.18. The molecule has 2 aromatic rings. The molecule has 1 atom stereocenters. The summed E-state index contributed by atoms with van der Waals surface area (Å²) in [5.74, 6) is -0.995. The van der Waals surface area contributed by atoms with Crippen LogP contribution in [0.2, 0.25) is 0 Å². The van der Waals surface area contributed by atoms with Gasteiger partial charge < -0.3 is 15.8 Å². The molecule has 2 heterocycles. The molecule has 25 heavy (non-hydrogen) atoms. The Morgan fingerprint density at radius 1 is 1.40 bits per heavy atom. The minimum atomic E-state index is -0.619. The maximum atomic E-state index is 12.2. The molecule has 0 bridgehead atoms. The van der Waals surface area contributed by atoms with Gasteiger partial charge in [0.15, 0.2) is 6.61 Å². The van der Waals surface area contributed by atoms with Gasteiger partial charge in [0.25, 0.3) is 11.8 Å². The van der Waals surface area contributed by atoms with E-state index < -0.39 is 24.4 Å². The van der Waals surface area contributed by atoms with Crippen LogP contribution in [0.1, 0.15) is 43.8 Å². The fourth-order valence-electron chi connectivity index (χ4n) is 2.77. The molecule has 1 aliphatic carbocycles. The Bertz CT molecular complexity index is 824. The van der Waals surface area contributed by atoms with Crippen molar-refractivity contribution in [1.82, 2.24) is 0 Å². The van der Waals surface area contributed by atoms with Crippen LogP contribution in [-0.2, 0) is 22.4 Å². The number of esters is 1. The Hall–Kier alpha value is -2.19. The van der Waals surface area contributed by atoms with Crippen LogP contribution in [-0.4, -0.2) is 24.4 Å². The molecule has 0 saturated carbocycles. The highest BCUT2D eigenvalue weighted by atomic mass is 32.1. The predicted molar refractivity (Wildman–Crippen MR) is 97.3 cm³/mol. The summed E-state index contributed by atoms with van der Waals surface area (Å²) < 4.78 is 5.09. The molecule has 1 aliphatic rings. The number of primary amides is 1.